The van der Waals surface area contributed by atoms with Gasteiger partial charge in [0.25, 0.3) is 0 Å². The van der Waals surface area contributed by atoms with Crippen molar-refractivity contribution in [2.24, 2.45) is 0 Å². The highest BCUT2D eigenvalue weighted by molar-refractivity contribution is 5.79. The van der Waals surface area contributed by atoms with E-state index in [0.29, 0.717) is 6.42 Å². The van der Waals surface area contributed by atoms with Crippen LogP contribution in [-0.2, 0) is 4.79 Å². The van der Waals surface area contributed by atoms with Gasteiger partial charge in [0, 0.05) is 12.1 Å². The molecular weight excluding hydrogens is 114 g/mol. The Bertz CT molecular complexity index is 170. The van der Waals surface area contributed by atoms with Gasteiger partial charge in [-0.05, 0) is 20.3 Å². The van der Waals surface area contributed by atoms with E-state index in [1.54, 1.807) is 0 Å². The van der Waals surface area contributed by atoms with Gasteiger partial charge in [0.1, 0.15) is 0 Å². The summed E-state index contributed by atoms with van der Waals surface area (Å²) in [6.07, 6.45) is 1.58. The number of nitrogens with one attached hydrogen (secondary N) is 1. The summed E-state index contributed by atoms with van der Waals surface area (Å²) in [5.74, 6) is 0.151. The molecule has 0 atom stereocenters. The number of carbonyl (C=O) groups excluding carboxylic acids is 1. The van der Waals surface area contributed by atoms with Crippen LogP contribution in [0.2, 0.25) is 0 Å². The highest BCUT2D eigenvalue weighted by atomic mass is 16.1. The highest BCUT2D eigenvalue weighted by Gasteiger charge is 2.09. The molecule has 9 heavy (non-hydrogen) atoms. The third-order valence-corrected chi connectivity index (χ3v) is 1.69. The van der Waals surface area contributed by atoms with Gasteiger partial charge in [-0.2, -0.15) is 0 Å². The number of allylic oxidation sites excluding steroid dienone is 2. The van der Waals surface area contributed by atoms with Crippen LogP contribution in [0.1, 0.15) is 26.7 Å². The predicted octanol–water partition coefficient (Wildman–Crippen LogP) is 1.19. The summed E-state index contributed by atoms with van der Waals surface area (Å²) in [7, 11) is 0. The molecule has 0 saturated heterocycles. The SMILES string of the molecule is CC1=C(C)NC(=O)CC1. The Morgan fingerprint density at radius 1 is 1.33 bits per heavy atom. The van der Waals surface area contributed by atoms with Crippen LogP contribution in [-0.4, -0.2) is 5.91 Å². The third-order valence-electron chi connectivity index (χ3n) is 1.69. The smallest absolute Gasteiger partial charge is 0.224 e. The van der Waals surface area contributed by atoms with Crippen molar-refractivity contribution in [3.05, 3.63) is 11.3 Å². The normalized spacial score (nSPS) is 20.0. The number of amides is 1. The molecule has 0 aromatic heterocycles. The van der Waals surface area contributed by atoms with Crippen LogP contribution in [0.5, 0.6) is 0 Å². The summed E-state index contributed by atoms with van der Waals surface area (Å²) in [4.78, 5) is 10.7. The molecular formula is C7H11NO. The molecule has 0 aromatic rings. The van der Waals surface area contributed by atoms with Crippen LogP contribution in [0.4, 0.5) is 0 Å². The predicted molar refractivity (Wildman–Crippen MR) is 35.8 cm³/mol. The maximum atomic E-state index is 10.7. The first-order valence-electron chi connectivity index (χ1n) is 3.16. The van der Waals surface area contributed by atoms with Crippen LogP contribution in [0.25, 0.3) is 0 Å². The molecule has 1 heterocycles. The first-order chi connectivity index (χ1) is 4.20. The number of rotatable bonds is 0. The second-order valence-electron chi connectivity index (χ2n) is 2.45. The van der Waals surface area contributed by atoms with E-state index in [4.69, 9.17) is 0 Å². The van der Waals surface area contributed by atoms with E-state index in [-0.39, 0.29) is 5.91 Å². The molecule has 1 aliphatic rings. The molecule has 1 amide bonds. The van der Waals surface area contributed by atoms with Crippen LogP contribution >= 0.6 is 0 Å². The minimum atomic E-state index is 0.151. The monoisotopic (exact) mass is 125 g/mol. The van der Waals surface area contributed by atoms with Crippen molar-refractivity contribution in [1.82, 2.24) is 5.32 Å². The van der Waals surface area contributed by atoms with Crippen molar-refractivity contribution in [1.29, 1.82) is 0 Å². The summed E-state index contributed by atoms with van der Waals surface area (Å²) >= 11 is 0. The molecule has 0 radical (unpaired) electrons. The van der Waals surface area contributed by atoms with Gasteiger partial charge < -0.3 is 5.32 Å². The minimum Gasteiger partial charge on any atom is -0.330 e. The Morgan fingerprint density at radius 2 is 2.00 bits per heavy atom. The van der Waals surface area contributed by atoms with E-state index in [9.17, 15) is 4.79 Å². The van der Waals surface area contributed by atoms with Crippen molar-refractivity contribution < 1.29 is 4.79 Å². The molecule has 0 spiro atoms. The first-order valence-corrected chi connectivity index (χ1v) is 3.16. The van der Waals surface area contributed by atoms with Crippen molar-refractivity contribution in [2.75, 3.05) is 0 Å². The number of hydrogen-bond donors (Lipinski definition) is 1. The summed E-state index contributed by atoms with van der Waals surface area (Å²) in [6.45, 7) is 3.99. The van der Waals surface area contributed by atoms with E-state index < -0.39 is 0 Å². The van der Waals surface area contributed by atoms with Crippen molar-refractivity contribution in [3.63, 3.8) is 0 Å². The van der Waals surface area contributed by atoms with Gasteiger partial charge in [-0.1, -0.05) is 5.57 Å². The maximum absolute atomic E-state index is 10.7. The quantitative estimate of drug-likeness (QED) is 0.517. The van der Waals surface area contributed by atoms with E-state index in [0.717, 1.165) is 12.1 Å². The van der Waals surface area contributed by atoms with E-state index in [1.165, 1.54) is 5.57 Å². The second-order valence-corrected chi connectivity index (χ2v) is 2.45. The molecule has 1 N–H and O–H groups in total. The van der Waals surface area contributed by atoms with Crippen LogP contribution in [0.15, 0.2) is 11.3 Å². The van der Waals surface area contributed by atoms with Crippen LogP contribution in [0, 0.1) is 0 Å². The van der Waals surface area contributed by atoms with Crippen molar-refractivity contribution in [3.8, 4) is 0 Å². The Hall–Kier alpha value is -0.790. The topological polar surface area (TPSA) is 29.1 Å². The van der Waals surface area contributed by atoms with Gasteiger partial charge in [0.15, 0.2) is 0 Å². The summed E-state index contributed by atoms with van der Waals surface area (Å²) < 4.78 is 0. The maximum Gasteiger partial charge on any atom is 0.224 e. The van der Waals surface area contributed by atoms with Crippen LogP contribution < -0.4 is 5.32 Å². The summed E-state index contributed by atoms with van der Waals surface area (Å²) in [6, 6.07) is 0. The van der Waals surface area contributed by atoms with Gasteiger partial charge in [-0.3, -0.25) is 4.79 Å². The van der Waals surface area contributed by atoms with E-state index in [1.807, 2.05) is 6.92 Å². The van der Waals surface area contributed by atoms with E-state index in [2.05, 4.69) is 12.2 Å². The van der Waals surface area contributed by atoms with Gasteiger partial charge in [0.2, 0.25) is 5.91 Å². The van der Waals surface area contributed by atoms with Crippen molar-refractivity contribution >= 4 is 5.91 Å². The standard InChI is InChI=1S/C7H11NO/c1-5-3-4-7(9)8-6(5)2/h3-4H2,1-2H3,(H,8,9). The summed E-state index contributed by atoms with van der Waals surface area (Å²) in [5.41, 5.74) is 2.33. The number of hydrogen-bond acceptors (Lipinski definition) is 1. The number of carbonyl (C=O) groups is 1. The zero-order chi connectivity index (χ0) is 6.85. The Balaban J connectivity index is 2.72. The van der Waals surface area contributed by atoms with Gasteiger partial charge in [-0.15, -0.1) is 0 Å². The lowest BCUT2D eigenvalue weighted by atomic mass is 10.1. The Labute approximate surface area is 54.9 Å². The Morgan fingerprint density at radius 3 is 2.44 bits per heavy atom. The van der Waals surface area contributed by atoms with Gasteiger partial charge in [0.05, 0.1) is 0 Å². The molecule has 0 aliphatic carbocycles. The molecule has 50 valence electrons. The zero-order valence-corrected chi connectivity index (χ0v) is 5.82. The average Bonchev–Trinajstić information content (AvgIpc) is 1.80. The fourth-order valence-corrected chi connectivity index (χ4v) is 0.867. The molecule has 0 aromatic carbocycles. The molecule has 0 saturated carbocycles. The third kappa shape index (κ3) is 1.31. The molecule has 1 aliphatic heterocycles. The zero-order valence-electron chi connectivity index (χ0n) is 5.82. The average molecular weight is 125 g/mol. The molecule has 1 rings (SSSR count). The molecule has 0 unspecified atom stereocenters. The lowest BCUT2D eigenvalue weighted by Crippen LogP contribution is -2.25. The Kier molecular flexibility index (Phi) is 1.56. The first kappa shape index (κ1) is 6.33. The molecule has 0 bridgehead atoms. The lowest BCUT2D eigenvalue weighted by molar-refractivity contribution is -0.120. The molecule has 2 nitrogen and oxygen atoms in total. The van der Waals surface area contributed by atoms with Crippen LogP contribution in [0.3, 0.4) is 0 Å². The largest absolute Gasteiger partial charge is 0.330 e. The van der Waals surface area contributed by atoms with Crippen molar-refractivity contribution in [2.45, 2.75) is 26.7 Å². The fourth-order valence-electron chi connectivity index (χ4n) is 0.867. The minimum absolute atomic E-state index is 0.151. The molecule has 2 heteroatoms. The van der Waals surface area contributed by atoms with E-state index >= 15 is 0 Å². The molecule has 0 fully saturated rings. The highest BCUT2D eigenvalue weighted by Crippen LogP contribution is 2.12. The van der Waals surface area contributed by atoms with Gasteiger partial charge >= 0.3 is 0 Å². The lowest BCUT2D eigenvalue weighted by Gasteiger charge is -2.14. The summed E-state index contributed by atoms with van der Waals surface area (Å²) in [5, 5.41) is 2.77. The fraction of sp³-hybridized carbons (Fsp3) is 0.571. The second kappa shape index (κ2) is 2.21. The van der Waals surface area contributed by atoms with Gasteiger partial charge in [-0.25, -0.2) is 0 Å².